The molecule has 0 saturated carbocycles. The molecule has 2 heterocycles. The van der Waals surface area contributed by atoms with Gasteiger partial charge in [-0.2, -0.15) is 0 Å². The van der Waals surface area contributed by atoms with E-state index >= 15 is 0 Å². The van der Waals surface area contributed by atoms with Gasteiger partial charge in [0.2, 0.25) is 5.91 Å². The molecule has 0 aliphatic carbocycles. The molecule has 25 heavy (non-hydrogen) atoms. The van der Waals surface area contributed by atoms with Gasteiger partial charge in [0, 0.05) is 23.6 Å². The van der Waals surface area contributed by atoms with Crippen molar-refractivity contribution in [1.29, 1.82) is 0 Å². The van der Waals surface area contributed by atoms with Crippen LogP contribution in [0.4, 0.5) is 4.79 Å². The third kappa shape index (κ3) is 4.52. The second kappa shape index (κ2) is 8.19. The smallest absolute Gasteiger partial charge is 0.312 e. The predicted molar refractivity (Wildman–Crippen MR) is 100 cm³/mol. The Kier molecular flexibility index (Phi) is 5.96. The first-order valence-electron chi connectivity index (χ1n) is 8.89. The molecule has 1 aromatic rings. The van der Waals surface area contributed by atoms with Crippen LogP contribution in [0.25, 0.3) is 0 Å². The molecule has 3 N–H and O–H groups in total. The summed E-state index contributed by atoms with van der Waals surface area (Å²) in [7, 11) is 0. The van der Waals surface area contributed by atoms with E-state index < -0.39 is 6.03 Å². The Morgan fingerprint density at radius 3 is 2.24 bits per heavy atom. The number of urea groups is 1. The van der Waals surface area contributed by atoms with E-state index in [1.165, 1.54) is 0 Å². The summed E-state index contributed by atoms with van der Waals surface area (Å²) in [4.78, 5) is 28.5. The summed E-state index contributed by atoms with van der Waals surface area (Å²) in [6.45, 7) is 3.24. The van der Waals surface area contributed by atoms with Crippen LogP contribution in [0.2, 0.25) is 0 Å². The van der Waals surface area contributed by atoms with Crippen LogP contribution >= 0.6 is 15.9 Å². The molecule has 2 fully saturated rings. The van der Waals surface area contributed by atoms with E-state index in [1.54, 1.807) is 0 Å². The molecule has 0 spiro atoms. The summed E-state index contributed by atoms with van der Waals surface area (Å²) in [5.74, 6) is 0.168. The summed E-state index contributed by atoms with van der Waals surface area (Å²) < 4.78 is 1.02. The Bertz CT molecular complexity index is 608. The van der Waals surface area contributed by atoms with E-state index in [-0.39, 0.29) is 18.0 Å². The van der Waals surface area contributed by atoms with Crippen LogP contribution in [0, 0.1) is 0 Å². The van der Waals surface area contributed by atoms with Gasteiger partial charge in [0.1, 0.15) is 6.04 Å². The van der Waals surface area contributed by atoms with Gasteiger partial charge in [0.05, 0.1) is 0 Å². The number of piperidine rings is 1. The van der Waals surface area contributed by atoms with Crippen LogP contribution < -0.4 is 11.1 Å². The van der Waals surface area contributed by atoms with Crippen LogP contribution in [-0.4, -0.2) is 54.0 Å². The number of halogens is 1. The number of hydrogen-bond donors (Lipinski definition) is 2. The lowest BCUT2D eigenvalue weighted by molar-refractivity contribution is -0.138. The van der Waals surface area contributed by atoms with Crippen LogP contribution in [0.15, 0.2) is 28.7 Å². The van der Waals surface area contributed by atoms with Crippen molar-refractivity contribution in [3.63, 3.8) is 0 Å². The monoisotopic (exact) mass is 408 g/mol. The first-order valence-corrected chi connectivity index (χ1v) is 9.68. The summed E-state index contributed by atoms with van der Waals surface area (Å²) in [6.07, 6.45) is 3.79. The van der Waals surface area contributed by atoms with Crippen molar-refractivity contribution in [2.45, 2.75) is 37.8 Å². The van der Waals surface area contributed by atoms with Crippen molar-refractivity contribution in [1.82, 2.24) is 15.1 Å². The molecular formula is C18H25BrN4O2. The molecule has 1 aromatic carbocycles. The molecule has 2 saturated heterocycles. The minimum atomic E-state index is -0.491. The molecule has 7 heteroatoms. The lowest BCUT2D eigenvalue weighted by atomic mass is 10.0. The van der Waals surface area contributed by atoms with E-state index in [4.69, 9.17) is 5.73 Å². The third-order valence-electron chi connectivity index (χ3n) is 5.08. The van der Waals surface area contributed by atoms with Crippen molar-refractivity contribution in [3.8, 4) is 0 Å². The molecule has 6 nitrogen and oxygen atoms in total. The van der Waals surface area contributed by atoms with Crippen LogP contribution in [0.1, 0.15) is 37.3 Å². The largest absolute Gasteiger partial charge is 0.352 e. The molecule has 3 rings (SSSR count). The van der Waals surface area contributed by atoms with Crippen LogP contribution in [0.5, 0.6) is 0 Å². The molecule has 0 unspecified atom stereocenters. The van der Waals surface area contributed by atoms with E-state index in [1.807, 2.05) is 29.2 Å². The molecule has 136 valence electrons. The minimum Gasteiger partial charge on any atom is -0.352 e. The fraction of sp³-hybridized carbons (Fsp3) is 0.556. The highest BCUT2D eigenvalue weighted by atomic mass is 79.9. The Labute approximate surface area is 156 Å². The number of primary amides is 1. The predicted octanol–water partition coefficient (Wildman–Crippen LogP) is 2.25. The fourth-order valence-corrected chi connectivity index (χ4v) is 4.04. The molecule has 2 aliphatic heterocycles. The number of rotatable bonds is 4. The number of amides is 3. The third-order valence-corrected chi connectivity index (χ3v) is 5.61. The minimum absolute atomic E-state index is 0.0690. The molecule has 1 atom stereocenters. The van der Waals surface area contributed by atoms with Gasteiger partial charge in [-0.15, -0.1) is 0 Å². The van der Waals surface area contributed by atoms with Gasteiger partial charge >= 0.3 is 6.03 Å². The van der Waals surface area contributed by atoms with E-state index in [0.29, 0.717) is 13.1 Å². The maximum atomic E-state index is 13.3. The highest BCUT2D eigenvalue weighted by Gasteiger charge is 2.34. The van der Waals surface area contributed by atoms with Crippen LogP contribution in [-0.2, 0) is 4.79 Å². The van der Waals surface area contributed by atoms with Gasteiger partial charge in [-0.05, 0) is 56.5 Å². The molecule has 0 radical (unpaired) electrons. The maximum absolute atomic E-state index is 13.3. The van der Waals surface area contributed by atoms with E-state index in [9.17, 15) is 9.59 Å². The highest BCUT2D eigenvalue weighted by molar-refractivity contribution is 9.10. The van der Waals surface area contributed by atoms with Crippen molar-refractivity contribution >= 4 is 27.9 Å². The topological polar surface area (TPSA) is 78.7 Å². The molecule has 0 aromatic heterocycles. The molecule has 3 amide bonds. The number of nitrogens with zero attached hydrogens (tertiary/aromatic N) is 2. The first-order chi connectivity index (χ1) is 12.0. The highest BCUT2D eigenvalue weighted by Crippen LogP contribution is 2.29. The van der Waals surface area contributed by atoms with Gasteiger partial charge in [0.25, 0.3) is 0 Å². The lowest BCUT2D eigenvalue weighted by Crippen LogP contribution is -2.50. The second-order valence-electron chi connectivity index (χ2n) is 6.81. The SMILES string of the molecule is NC(=O)NC1CCN(C(=O)[C@@H](c2ccc(Br)cc2)N2CCCC2)CC1. The normalized spacial score (nSPS) is 20.4. The summed E-state index contributed by atoms with van der Waals surface area (Å²) in [5.41, 5.74) is 6.24. The van der Waals surface area contributed by atoms with Gasteiger partial charge in [-0.1, -0.05) is 28.1 Å². The van der Waals surface area contributed by atoms with Crippen molar-refractivity contribution < 1.29 is 9.59 Å². The van der Waals surface area contributed by atoms with Gasteiger partial charge in [-0.3, -0.25) is 9.69 Å². The second-order valence-corrected chi connectivity index (χ2v) is 7.72. The zero-order valence-corrected chi connectivity index (χ0v) is 15.9. The number of likely N-dealkylation sites (tertiary alicyclic amines) is 2. The zero-order valence-electron chi connectivity index (χ0n) is 14.3. The average Bonchev–Trinajstić information content (AvgIpc) is 3.11. The summed E-state index contributed by atoms with van der Waals surface area (Å²) in [6, 6.07) is 7.42. The number of nitrogens with two attached hydrogens (primary N) is 1. The van der Waals surface area contributed by atoms with Gasteiger partial charge in [-0.25, -0.2) is 4.79 Å². The number of benzene rings is 1. The van der Waals surface area contributed by atoms with Crippen LogP contribution in [0.3, 0.4) is 0 Å². The standard InChI is InChI=1S/C18H25BrN4O2/c19-14-5-3-13(4-6-14)16(22-9-1-2-10-22)17(24)23-11-7-15(8-12-23)21-18(20)25/h3-6,15-16H,1-2,7-12H2,(H3,20,21,25)/t16-/m1/s1. The fourth-order valence-electron chi connectivity index (χ4n) is 3.77. The number of hydrogen-bond acceptors (Lipinski definition) is 3. The van der Waals surface area contributed by atoms with Crippen molar-refractivity contribution in [2.75, 3.05) is 26.2 Å². The molecular weight excluding hydrogens is 384 g/mol. The Morgan fingerprint density at radius 1 is 1.08 bits per heavy atom. The number of carbonyl (C=O) groups is 2. The number of nitrogens with one attached hydrogen (secondary N) is 1. The quantitative estimate of drug-likeness (QED) is 0.801. The van der Waals surface area contributed by atoms with Crippen molar-refractivity contribution in [2.24, 2.45) is 5.73 Å². The summed E-state index contributed by atoms with van der Waals surface area (Å²) >= 11 is 3.46. The average molecular weight is 409 g/mol. The Morgan fingerprint density at radius 2 is 1.68 bits per heavy atom. The number of carbonyl (C=O) groups excluding carboxylic acids is 2. The van der Waals surface area contributed by atoms with Gasteiger partial charge in [0.15, 0.2) is 0 Å². The first kappa shape index (κ1) is 18.2. The lowest BCUT2D eigenvalue weighted by Gasteiger charge is -2.37. The Hall–Kier alpha value is -1.60. The van der Waals surface area contributed by atoms with E-state index in [0.717, 1.165) is 48.8 Å². The van der Waals surface area contributed by atoms with Gasteiger partial charge < -0.3 is 16.0 Å². The maximum Gasteiger partial charge on any atom is 0.312 e. The zero-order chi connectivity index (χ0) is 17.8. The molecule has 2 aliphatic rings. The Balaban J connectivity index is 1.71. The summed E-state index contributed by atoms with van der Waals surface area (Å²) in [5, 5.41) is 2.75. The molecule has 0 bridgehead atoms. The van der Waals surface area contributed by atoms with E-state index in [2.05, 4.69) is 26.1 Å². The van der Waals surface area contributed by atoms with Crippen molar-refractivity contribution in [3.05, 3.63) is 34.3 Å².